The van der Waals surface area contributed by atoms with Gasteiger partial charge in [0.05, 0.1) is 22.9 Å². The van der Waals surface area contributed by atoms with Gasteiger partial charge in [-0.15, -0.1) is 5.10 Å². The minimum atomic E-state index is -3.96. The molecule has 0 bridgehead atoms. The van der Waals surface area contributed by atoms with E-state index in [2.05, 4.69) is 30.6 Å². The molecule has 2 N–H and O–H groups in total. The van der Waals surface area contributed by atoms with Gasteiger partial charge in [-0.05, 0) is 65.7 Å². The first-order valence-corrected chi connectivity index (χ1v) is 16.1. The zero-order valence-corrected chi connectivity index (χ0v) is 26.6. The van der Waals surface area contributed by atoms with Crippen molar-refractivity contribution in [3.05, 3.63) is 42.7 Å². The van der Waals surface area contributed by atoms with Gasteiger partial charge in [-0.25, -0.2) is 22.6 Å². The fourth-order valence-electron chi connectivity index (χ4n) is 5.67. The average Bonchev–Trinajstić information content (AvgIpc) is 3.62. The summed E-state index contributed by atoms with van der Waals surface area (Å²) >= 11 is 0. The number of carbonyl (C=O) groups is 1. The van der Waals surface area contributed by atoms with Crippen molar-refractivity contribution >= 4 is 33.4 Å². The number of aromatic nitrogens is 6. The highest BCUT2D eigenvalue weighted by atomic mass is 32.2. The van der Waals surface area contributed by atoms with Crippen molar-refractivity contribution in [2.75, 3.05) is 31.5 Å². The van der Waals surface area contributed by atoms with E-state index in [4.69, 9.17) is 9.47 Å². The van der Waals surface area contributed by atoms with Crippen molar-refractivity contribution in [2.45, 2.75) is 64.1 Å². The number of aromatic amines is 1. The van der Waals surface area contributed by atoms with Crippen LogP contribution in [0.4, 0.5) is 20.8 Å². The number of anilines is 2. The zero-order chi connectivity index (χ0) is 32.1. The normalized spacial score (nSPS) is 17.1. The van der Waals surface area contributed by atoms with E-state index in [1.807, 2.05) is 34.6 Å². The van der Waals surface area contributed by atoms with E-state index in [0.717, 1.165) is 18.9 Å². The number of sulfonamides is 1. The Morgan fingerprint density at radius 1 is 1.20 bits per heavy atom. The van der Waals surface area contributed by atoms with Gasteiger partial charge in [0.1, 0.15) is 23.4 Å². The number of amides is 1. The van der Waals surface area contributed by atoms with Crippen LogP contribution in [0.2, 0.25) is 0 Å². The van der Waals surface area contributed by atoms with Gasteiger partial charge in [0.15, 0.2) is 5.75 Å². The number of likely N-dealkylation sites (tertiary alicyclic amines) is 1. The van der Waals surface area contributed by atoms with Gasteiger partial charge >= 0.3 is 6.09 Å². The van der Waals surface area contributed by atoms with Crippen LogP contribution in [0, 0.1) is 11.2 Å². The van der Waals surface area contributed by atoms with Gasteiger partial charge in [-0.2, -0.15) is 18.9 Å². The maximum atomic E-state index is 15.3. The molecule has 4 aromatic rings. The number of hydrogen-bond acceptors (Lipinski definition) is 10. The van der Waals surface area contributed by atoms with E-state index in [9.17, 15) is 13.2 Å². The lowest BCUT2D eigenvalue weighted by molar-refractivity contribution is -0.0291. The Bertz CT molecular complexity index is 1830. The van der Waals surface area contributed by atoms with Crippen molar-refractivity contribution in [3.8, 4) is 17.0 Å². The number of carbonyl (C=O) groups excluding carboxylic acids is 1. The van der Waals surface area contributed by atoms with Crippen molar-refractivity contribution < 1.29 is 27.1 Å². The molecule has 3 aromatic heterocycles. The Balaban J connectivity index is 1.17. The number of benzene rings is 1. The minimum absolute atomic E-state index is 0.000404. The van der Waals surface area contributed by atoms with Crippen LogP contribution in [0.1, 0.15) is 47.5 Å². The lowest BCUT2D eigenvalue weighted by Gasteiger charge is -2.53. The third-order valence-electron chi connectivity index (χ3n) is 7.63. The molecule has 16 heteroatoms. The van der Waals surface area contributed by atoms with E-state index in [0.29, 0.717) is 35.7 Å². The number of halogens is 1. The Kier molecular flexibility index (Phi) is 7.67. The molecule has 240 valence electrons. The van der Waals surface area contributed by atoms with Crippen LogP contribution in [-0.4, -0.2) is 91.4 Å². The first kappa shape index (κ1) is 30.7. The number of fused-ring (bicyclic) bond motifs is 1. The summed E-state index contributed by atoms with van der Waals surface area (Å²) in [5, 5.41) is 13.9. The van der Waals surface area contributed by atoms with Gasteiger partial charge in [-0.1, -0.05) is 0 Å². The van der Waals surface area contributed by atoms with E-state index >= 15 is 4.39 Å². The van der Waals surface area contributed by atoms with Crippen LogP contribution < -0.4 is 10.1 Å². The summed E-state index contributed by atoms with van der Waals surface area (Å²) in [5.74, 6) is -0.327. The third kappa shape index (κ3) is 6.16. The summed E-state index contributed by atoms with van der Waals surface area (Å²) in [6.45, 7) is 10.7. The quantitative estimate of drug-likeness (QED) is 0.299. The Morgan fingerprint density at radius 2 is 1.98 bits per heavy atom. The molecule has 1 amide bonds. The number of H-pyrrole nitrogens is 1. The number of hydrogen-bond donors (Lipinski definition) is 2. The standard InChI is InChI=1S/C29H36FN9O5S/c1-18(2)43-24-23(19-12-32-33-13-19)31-17-39-25(24)35-26(36-39)34-22-8-7-20(11-21(22)30)45(41,42)38-15-29(16-38)9-6-10-37(14-29)27(40)44-28(3,4)5/h7-8,11-13,17-18H,6,9-10,14-16H2,1-5H3,(H,32,33)(H,34,36). The minimum Gasteiger partial charge on any atom is -0.485 e. The molecule has 1 spiro atoms. The van der Waals surface area contributed by atoms with E-state index in [1.54, 1.807) is 17.3 Å². The van der Waals surface area contributed by atoms with Gasteiger partial charge in [-0.3, -0.25) is 5.10 Å². The molecule has 0 unspecified atom stereocenters. The summed E-state index contributed by atoms with van der Waals surface area (Å²) in [6, 6.07) is 3.68. The SMILES string of the molecule is CC(C)Oc1c(-c2cn[nH]c2)ncn2nc(Nc3ccc(S(=O)(=O)N4CC5(CCCN(C(=O)OC(C)(C)C)C5)C4)cc3F)nc12. The van der Waals surface area contributed by atoms with Crippen molar-refractivity contribution in [3.63, 3.8) is 0 Å². The molecule has 0 saturated carbocycles. The van der Waals surface area contributed by atoms with Crippen LogP contribution in [0.5, 0.6) is 5.75 Å². The van der Waals surface area contributed by atoms with Crippen LogP contribution in [0.15, 0.2) is 41.8 Å². The summed E-state index contributed by atoms with van der Waals surface area (Å²) < 4.78 is 56.4. The van der Waals surface area contributed by atoms with E-state index < -0.39 is 27.5 Å². The predicted molar refractivity (Wildman–Crippen MR) is 162 cm³/mol. The summed E-state index contributed by atoms with van der Waals surface area (Å²) in [7, 11) is -3.96. The second-order valence-electron chi connectivity index (χ2n) is 12.8. The third-order valence-corrected chi connectivity index (χ3v) is 9.42. The highest BCUT2D eigenvalue weighted by Crippen LogP contribution is 2.42. The zero-order valence-electron chi connectivity index (χ0n) is 25.7. The Labute approximate surface area is 260 Å². The molecule has 0 radical (unpaired) electrons. The van der Waals surface area contributed by atoms with Gasteiger partial charge < -0.3 is 19.7 Å². The monoisotopic (exact) mass is 641 g/mol. The molecule has 2 aliphatic rings. The van der Waals surface area contributed by atoms with E-state index in [1.165, 1.54) is 27.3 Å². The lowest BCUT2D eigenvalue weighted by atomic mass is 9.75. The second-order valence-corrected chi connectivity index (χ2v) is 14.8. The number of nitrogens with one attached hydrogen (secondary N) is 2. The van der Waals surface area contributed by atoms with Gasteiger partial charge in [0.25, 0.3) is 0 Å². The Morgan fingerprint density at radius 3 is 2.64 bits per heavy atom. The number of piperidine rings is 1. The molecule has 14 nitrogen and oxygen atoms in total. The number of rotatable bonds is 7. The maximum Gasteiger partial charge on any atom is 0.410 e. The first-order valence-electron chi connectivity index (χ1n) is 14.7. The lowest BCUT2D eigenvalue weighted by Crippen LogP contribution is -2.64. The molecular weight excluding hydrogens is 605 g/mol. The number of ether oxygens (including phenoxy) is 2. The topological polar surface area (TPSA) is 160 Å². The molecule has 45 heavy (non-hydrogen) atoms. The predicted octanol–water partition coefficient (Wildman–Crippen LogP) is 4.21. The maximum absolute atomic E-state index is 15.3. The van der Waals surface area contributed by atoms with Crippen LogP contribution >= 0.6 is 0 Å². The molecule has 0 atom stereocenters. The molecule has 2 aliphatic heterocycles. The van der Waals surface area contributed by atoms with Crippen LogP contribution in [-0.2, 0) is 14.8 Å². The molecule has 2 fully saturated rings. The first-order chi connectivity index (χ1) is 21.2. The van der Waals surface area contributed by atoms with Gasteiger partial charge in [0, 0.05) is 43.4 Å². The molecule has 6 rings (SSSR count). The van der Waals surface area contributed by atoms with Crippen molar-refractivity contribution in [1.29, 1.82) is 0 Å². The fraction of sp³-hybridized carbons (Fsp3) is 0.483. The van der Waals surface area contributed by atoms with Gasteiger partial charge in [0.2, 0.25) is 21.6 Å². The highest BCUT2D eigenvalue weighted by Gasteiger charge is 2.51. The van der Waals surface area contributed by atoms with E-state index in [-0.39, 0.29) is 41.1 Å². The fourth-order valence-corrected chi connectivity index (χ4v) is 7.34. The van der Waals surface area contributed by atoms with Crippen molar-refractivity contribution in [2.24, 2.45) is 5.41 Å². The average molecular weight is 642 g/mol. The van der Waals surface area contributed by atoms with Crippen LogP contribution in [0.25, 0.3) is 16.9 Å². The largest absolute Gasteiger partial charge is 0.485 e. The molecule has 2 saturated heterocycles. The number of nitrogens with zero attached hydrogens (tertiary/aromatic N) is 7. The smallest absolute Gasteiger partial charge is 0.410 e. The van der Waals surface area contributed by atoms with Crippen LogP contribution in [0.3, 0.4) is 0 Å². The Hall–Kier alpha value is -4.31. The van der Waals surface area contributed by atoms with Crippen molar-refractivity contribution in [1.82, 2.24) is 39.0 Å². The molecule has 5 heterocycles. The summed E-state index contributed by atoms with van der Waals surface area (Å²) in [5.41, 5.74) is 0.613. The molecule has 1 aromatic carbocycles. The molecule has 0 aliphatic carbocycles. The highest BCUT2D eigenvalue weighted by molar-refractivity contribution is 7.89. The second kappa shape index (κ2) is 11.2. The summed E-state index contributed by atoms with van der Waals surface area (Å²) in [6.07, 6.45) is 5.73. The molecular formula is C29H36FN9O5S. The summed E-state index contributed by atoms with van der Waals surface area (Å²) in [4.78, 5) is 23.0.